The van der Waals surface area contributed by atoms with Crippen LogP contribution in [-0.4, -0.2) is 5.78 Å². The molecule has 0 saturated heterocycles. The molecule has 0 aliphatic heterocycles. The normalized spacial score (nSPS) is 20.0. The third-order valence-electron chi connectivity index (χ3n) is 3.44. The Bertz CT molecular complexity index is 497. The lowest BCUT2D eigenvalue weighted by molar-refractivity contribution is -0.137. The number of allylic oxidation sites excluding steroid dienone is 2. The zero-order valence-corrected chi connectivity index (χ0v) is 10.6. The summed E-state index contributed by atoms with van der Waals surface area (Å²) >= 11 is 0. The maximum atomic E-state index is 12.4. The number of ketones is 1. The highest BCUT2D eigenvalue weighted by Crippen LogP contribution is 2.30. The monoisotopic (exact) mass is 268 g/mol. The molecule has 1 aromatic rings. The second-order valence-electron chi connectivity index (χ2n) is 5.01. The van der Waals surface area contributed by atoms with Gasteiger partial charge >= 0.3 is 6.18 Å². The van der Waals surface area contributed by atoms with Gasteiger partial charge in [-0.3, -0.25) is 4.79 Å². The van der Waals surface area contributed by atoms with E-state index in [9.17, 15) is 18.0 Å². The van der Waals surface area contributed by atoms with Crippen molar-refractivity contribution in [2.75, 3.05) is 0 Å². The first kappa shape index (κ1) is 13.8. The molecule has 1 aliphatic carbocycles. The van der Waals surface area contributed by atoms with E-state index in [0.717, 1.165) is 30.5 Å². The molecule has 19 heavy (non-hydrogen) atoms. The first-order valence-corrected chi connectivity index (χ1v) is 6.29. The van der Waals surface area contributed by atoms with E-state index in [0.29, 0.717) is 17.9 Å². The Labute approximate surface area is 110 Å². The Balaban J connectivity index is 2.17. The molecule has 0 spiro atoms. The molecule has 1 atom stereocenters. The van der Waals surface area contributed by atoms with Crippen molar-refractivity contribution in [3.8, 4) is 0 Å². The van der Waals surface area contributed by atoms with Crippen molar-refractivity contribution in [3.05, 3.63) is 47.0 Å². The molecule has 2 rings (SSSR count). The van der Waals surface area contributed by atoms with E-state index < -0.39 is 11.7 Å². The highest BCUT2D eigenvalue weighted by Gasteiger charge is 2.30. The van der Waals surface area contributed by atoms with Crippen molar-refractivity contribution in [2.45, 2.75) is 32.4 Å². The zero-order valence-electron chi connectivity index (χ0n) is 10.6. The minimum absolute atomic E-state index is 0.152. The second-order valence-corrected chi connectivity index (χ2v) is 5.01. The van der Waals surface area contributed by atoms with Gasteiger partial charge in [-0.25, -0.2) is 0 Å². The summed E-state index contributed by atoms with van der Waals surface area (Å²) in [5, 5.41) is 0. The Morgan fingerprint density at radius 1 is 1.21 bits per heavy atom. The standard InChI is InChI=1S/C15H15F3O/c1-10-2-4-11(5-3-10)14(19)12-6-8-13(9-7-12)15(16,17)18/h4,6-10H,2-3,5H2,1H3. The number of rotatable bonds is 2. The largest absolute Gasteiger partial charge is 0.416 e. The predicted molar refractivity (Wildman–Crippen MR) is 66.9 cm³/mol. The van der Waals surface area contributed by atoms with Gasteiger partial charge in [0.2, 0.25) is 0 Å². The van der Waals surface area contributed by atoms with Gasteiger partial charge in [0.15, 0.2) is 5.78 Å². The third kappa shape index (κ3) is 3.25. The van der Waals surface area contributed by atoms with Crippen molar-refractivity contribution in [1.29, 1.82) is 0 Å². The van der Waals surface area contributed by atoms with Crippen molar-refractivity contribution in [3.63, 3.8) is 0 Å². The summed E-state index contributed by atoms with van der Waals surface area (Å²) in [7, 11) is 0. The number of carbonyl (C=O) groups excluding carboxylic acids is 1. The molecule has 0 N–H and O–H groups in total. The van der Waals surface area contributed by atoms with Crippen LogP contribution in [0.2, 0.25) is 0 Å². The fraction of sp³-hybridized carbons (Fsp3) is 0.400. The lowest BCUT2D eigenvalue weighted by Gasteiger charge is -2.17. The van der Waals surface area contributed by atoms with E-state index in [2.05, 4.69) is 6.92 Å². The summed E-state index contributed by atoms with van der Waals surface area (Å²) < 4.78 is 37.3. The van der Waals surface area contributed by atoms with Crippen molar-refractivity contribution in [2.24, 2.45) is 5.92 Å². The van der Waals surface area contributed by atoms with Crippen LogP contribution in [0.3, 0.4) is 0 Å². The van der Waals surface area contributed by atoms with Crippen LogP contribution < -0.4 is 0 Å². The quantitative estimate of drug-likeness (QED) is 0.714. The van der Waals surface area contributed by atoms with Gasteiger partial charge in [0.25, 0.3) is 0 Å². The minimum Gasteiger partial charge on any atom is -0.289 e. The second kappa shape index (κ2) is 5.19. The van der Waals surface area contributed by atoms with Crippen molar-refractivity contribution >= 4 is 5.78 Å². The molecular weight excluding hydrogens is 253 g/mol. The number of alkyl halides is 3. The molecule has 1 unspecified atom stereocenters. The van der Waals surface area contributed by atoms with Gasteiger partial charge in [-0.05, 0) is 42.9 Å². The summed E-state index contributed by atoms with van der Waals surface area (Å²) in [5.41, 5.74) is 0.321. The Hall–Kier alpha value is -1.58. The Morgan fingerprint density at radius 2 is 1.84 bits per heavy atom. The number of hydrogen-bond acceptors (Lipinski definition) is 1. The Kier molecular flexibility index (Phi) is 3.78. The van der Waals surface area contributed by atoms with Gasteiger partial charge < -0.3 is 0 Å². The van der Waals surface area contributed by atoms with E-state index in [1.807, 2.05) is 6.08 Å². The molecule has 0 heterocycles. The van der Waals surface area contributed by atoms with Crippen LogP contribution in [0.5, 0.6) is 0 Å². The molecule has 0 bridgehead atoms. The van der Waals surface area contributed by atoms with Crippen molar-refractivity contribution < 1.29 is 18.0 Å². The third-order valence-corrected chi connectivity index (χ3v) is 3.44. The maximum Gasteiger partial charge on any atom is 0.416 e. The van der Waals surface area contributed by atoms with Gasteiger partial charge in [0, 0.05) is 5.56 Å². The van der Waals surface area contributed by atoms with Crippen LogP contribution in [-0.2, 0) is 6.18 Å². The van der Waals surface area contributed by atoms with Gasteiger partial charge in [0.05, 0.1) is 5.56 Å². The number of Topliss-reactive ketones (excluding diaryl/α,β-unsaturated/α-hetero) is 1. The average molecular weight is 268 g/mol. The van der Waals surface area contributed by atoms with Crippen LogP contribution in [0.25, 0.3) is 0 Å². The number of halogens is 3. The molecule has 0 fully saturated rings. The number of carbonyl (C=O) groups is 1. The summed E-state index contributed by atoms with van der Waals surface area (Å²) in [6.45, 7) is 2.12. The fourth-order valence-corrected chi connectivity index (χ4v) is 2.17. The fourth-order valence-electron chi connectivity index (χ4n) is 2.17. The van der Waals surface area contributed by atoms with Crippen LogP contribution in [0.4, 0.5) is 13.2 Å². The van der Waals surface area contributed by atoms with E-state index in [4.69, 9.17) is 0 Å². The van der Waals surface area contributed by atoms with E-state index in [1.54, 1.807) is 0 Å². The molecule has 0 radical (unpaired) electrons. The van der Waals surface area contributed by atoms with Crippen LogP contribution in [0, 0.1) is 5.92 Å². The molecule has 4 heteroatoms. The van der Waals surface area contributed by atoms with Gasteiger partial charge in [-0.2, -0.15) is 13.2 Å². The predicted octanol–water partition coefficient (Wildman–Crippen LogP) is 4.63. The van der Waals surface area contributed by atoms with Gasteiger partial charge in [0.1, 0.15) is 0 Å². The first-order valence-electron chi connectivity index (χ1n) is 6.29. The summed E-state index contributed by atoms with van der Waals surface area (Å²) in [6, 6.07) is 4.42. The summed E-state index contributed by atoms with van der Waals surface area (Å²) in [5.74, 6) is 0.421. The number of benzene rings is 1. The highest BCUT2D eigenvalue weighted by atomic mass is 19.4. The molecule has 0 saturated carbocycles. The lowest BCUT2D eigenvalue weighted by atomic mass is 9.87. The SMILES string of the molecule is CC1CC=C(C(=O)c2ccc(C(F)(F)F)cc2)CC1. The Morgan fingerprint density at radius 3 is 2.32 bits per heavy atom. The smallest absolute Gasteiger partial charge is 0.289 e. The first-order chi connectivity index (χ1) is 8.88. The molecule has 1 aromatic carbocycles. The van der Waals surface area contributed by atoms with Gasteiger partial charge in [-0.1, -0.05) is 25.1 Å². The summed E-state index contributed by atoms with van der Waals surface area (Å²) in [6.07, 6.45) is 0.0796. The van der Waals surface area contributed by atoms with Crippen molar-refractivity contribution in [1.82, 2.24) is 0 Å². The lowest BCUT2D eigenvalue weighted by Crippen LogP contribution is -2.11. The van der Waals surface area contributed by atoms with Crippen LogP contribution >= 0.6 is 0 Å². The average Bonchev–Trinajstić information content (AvgIpc) is 2.38. The van der Waals surface area contributed by atoms with Crippen LogP contribution in [0.15, 0.2) is 35.9 Å². The zero-order chi connectivity index (χ0) is 14.0. The summed E-state index contributed by atoms with van der Waals surface area (Å²) in [4.78, 5) is 12.1. The maximum absolute atomic E-state index is 12.4. The van der Waals surface area contributed by atoms with E-state index in [-0.39, 0.29) is 5.78 Å². The molecule has 0 aromatic heterocycles. The highest BCUT2D eigenvalue weighted by molar-refractivity contribution is 6.08. The van der Waals surface area contributed by atoms with Gasteiger partial charge in [-0.15, -0.1) is 0 Å². The topological polar surface area (TPSA) is 17.1 Å². The minimum atomic E-state index is -4.36. The molecule has 0 amide bonds. The molecule has 1 aliphatic rings. The van der Waals surface area contributed by atoms with E-state index >= 15 is 0 Å². The molecular formula is C15H15F3O. The van der Waals surface area contributed by atoms with E-state index in [1.165, 1.54) is 12.1 Å². The molecule has 1 nitrogen and oxygen atoms in total. The molecule has 102 valence electrons. The number of hydrogen-bond donors (Lipinski definition) is 0. The van der Waals surface area contributed by atoms with Crippen LogP contribution in [0.1, 0.15) is 42.1 Å².